The van der Waals surface area contributed by atoms with E-state index in [4.69, 9.17) is 5.11 Å². The average molecular weight is 219 g/mol. The Kier molecular flexibility index (Phi) is 2.45. The van der Waals surface area contributed by atoms with E-state index < -0.39 is 17.9 Å². The third-order valence-corrected chi connectivity index (χ3v) is 3.69. The zero-order valence-corrected chi connectivity index (χ0v) is 8.62. The first kappa shape index (κ1) is 10.8. The van der Waals surface area contributed by atoms with Crippen LogP contribution >= 0.6 is 0 Å². The summed E-state index contributed by atoms with van der Waals surface area (Å²) in [6, 6.07) is -0.885. The second-order valence-corrected chi connectivity index (χ2v) is 4.74. The van der Waals surface area contributed by atoms with E-state index in [1.54, 1.807) is 11.9 Å². The van der Waals surface area contributed by atoms with E-state index in [9.17, 15) is 13.6 Å². The summed E-state index contributed by atoms with van der Waals surface area (Å²) < 4.78 is 26.9. The number of carboxylic acids is 1. The molecule has 0 aromatic heterocycles. The lowest BCUT2D eigenvalue weighted by molar-refractivity contribution is -0.139. The van der Waals surface area contributed by atoms with Crippen LogP contribution in [-0.4, -0.2) is 41.0 Å². The molecule has 2 saturated heterocycles. The van der Waals surface area contributed by atoms with Crippen molar-refractivity contribution >= 4 is 5.97 Å². The molecule has 15 heavy (non-hydrogen) atoms. The van der Waals surface area contributed by atoms with Crippen LogP contribution < -0.4 is 0 Å². The largest absolute Gasteiger partial charge is 0.481 e. The van der Waals surface area contributed by atoms with Gasteiger partial charge in [0.15, 0.2) is 0 Å². The molecular weight excluding hydrogens is 204 g/mol. The molecule has 2 aliphatic rings. The summed E-state index contributed by atoms with van der Waals surface area (Å²) in [6.07, 6.45) is 0.822. The summed E-state index contributed by atoms with van der Waals surface area (Å²) in [4.78, 5) is 12.3. The van der Waals surface area contributed by atoms with E-state index in [1.807, 2.05) is 0 Å². The van der Waals surface area contributed by atoms with Gasteiger partial charge in [0.25, 0.3) is 5.92 Å². The topological polar surface area (TPSA) is 40.5 Å². The van der Waals surface area contributed by atoms with Crippen molar-refractivity contribution in [2.24, 2.45) is 5.92 Å². The number of nitrogens with zero attached hydrogens (tertiary/aromatic N) is 1. The molecule has 0 amide bonds. The number of carbonyl (C=O) groups is 1. The zero-order valence-electron chi connectivity index (χ0n) is 8.62. The predicted octanol–water partition coefficient (Wildman–Crippen LogP) is 1.58. The minimum atomic E-state index is -2.63. The van der Waals surface area contributed by atoms with Crippen LogP contribution in [0.4, 0.5) is 8.78 Å². The molecule has 0 aliphatic carbocycles. The van der Waals surface area contributed by atoms with E-state index in [0.717, 1.165) is 0 Å². The van der Waals surface area contributed by atoms with Gasteiger partial charge in [0.05, 0.1) is 6.04 Å². The highest BCUT2D eigenvalue weighted by Gasteiger charge is 2.55. The second kappa shape index (κ2) is 3.40. The van der Waals surface area contributed by atoms with Crippen LogP contribution in [0, 0.1) is 5.92 Å². The fourth-order valence-electron chi connectivity index (χ4n) is 2.95. The van der Waals surface area contributed by atoms with Crippen molar-refractivity contribution in [3.63, 3.8) is 0 Å². The van der Waals surface area contributed by atoms with Crippen LogP contribution in [0.5, 0.6) is 0 Å². The highest BCUT2D eigenvalue weighted by atomic mass is 19.3. The summed E-state index contributed by atoms with van der Waals surface area (Å²) in [7, 11) is 1.72. The van der Waals surface area contributed by atoms with Crippen LogP contribution in [-0.2, 0) is 4.79 Å². The first-order valence-corrected chi connectivity index (χ1v) is 5.21. The number of fused-ring (bicyclic) bond motifs is 2. The molecular formula is C10H15F2NO2. The van der Waals surface area contributed by atoms with Gasteiger partial charge in [-0.1, -0.05) is 0 Å². The first-order valence-electron chi connectivity index (χ1n) is 5.21. The maximum atomic E-state index is 13.5. The summed E-state index contributed by atoms with van der Waals surface area (Å²) in [5, 5.41) is 8.65. The molecule has 0 aromatic rings. The molecule has 2 fully saturated rings. The Morgan fingerprint density at radius 1 is 1.53 bits per heavy atom. The molecule has 2 aliphatic heterocycles. The molecule has 1 N–H and O–H groups in total. The molecule has 0 unspecified atom stereocenters. The lowest BCUT2D eigenvalue weighted by Crippen LogP contribution is -2.44. The van der Waals surface area contributed by atoms with Gasteiger partial charge in [-0.2, -0.15) is 0 Å². The maximum absolute atomic E-state index is 13.5. The van der Waals surface area contributed by atoms with Gasteiger partial charge < -0.3 is 5.11 Å². The normalized spacial score (nSPS) is 39.3. The highest BCUT2D eigenvalue weighted by molar-refractivity contribution is 5.67. The van der Waals surface area contributed by atoms with Gasteiger partial charge in [0.2, 0.25) is 0 Å². The summed E-state index contributed by atoms with van der Waals surface area (Å²) in [6.45, 7) is 0. The minimum absolute atomic E-state index is 0.0247. The molecule has 5 heteroatoms. The van der Waals surface area contributed by atoms with Crippen molar-refractivity contribution < 1.29 is 18.7 Å². The summed E-state index contributed by atoms with van der Waals surface area (Å²) in [5.41, 5.74) is 0. The summed E-state index contributed by atoms with van der Waals surface area (Å²) in [5.74, 6) is -3.60. The van der Waals surface area contributed by atoms with Gasteiger partial charge in [0, 0.05) is 18.9 Å². The Hall–Kier alpha value is -0.710. The van der Waals surface area contributed by atoms with Crippen LogP contribution in [0.3, 0.4) is 0 Å². The number of carboxylic acid groups (broad SMARTS) is 1. The fraction of sp³-hybridized carbons (Fsp3) is 0.900. The maximum Gasteiger partial charge on any atom is 0.303 e. The molecule has 0 saturated carbocycles. The molecule has 2 bridgehead atoms. The molecule has 0 radical (unpaired) electrons. The van der Waals surface area contributed by atoms with Crippen LogP contribution in [0.2, 0.25) is 0 Å². The van der Waals surface area contributed by atoms with E-state index >= 15 is 0 Å². The Morgan fingerprint density at radius 3 is 2.73 bits per heavy atom. The Balaban J connectivity index is 2.08. The zero-order chi connectivity index (χ0) is 11.2. The Bertz CT molecular complexity index is 283. The number of alkyl halides is 2. The number of hydrogen-bond donors (Lipinski definition) is 1. The van der Waals surface area contributed by atoms with Gasteiger partial charge in [-0.25, -0.2) is 8.78 Å². The molecule has 86 valence electrons. The number of aliphatic carboxylic acids is 1. The van der Waals surface area contributed by atoms with E-state index in [1.165, 1.54) is 0 Å². The van der Waals surface area contributed by atoms with Crippen molar-refractivity contribution in [3.05, 3.63) is 0 Å². The molecule has 3 nitrogen and oxygen atoms in total. The van der Waals surface area contributed by atoms with Gasteiger partial charge in [-0.3, -0.25) is 9.69 Å². The third-order valence-electron chi connectivity index (χ3n) is 3.69. The predicted molar refractivity (Wildman–Crippen MR) is 49.9 cm³/mol. The molecule has 2 rings (SSSR count). The van der Waals surface area contributed by atoms with Gasteiger partial charge in [0.1, 0.15) is 0 Å². The van der Waals surface area contributed by atoms with E-state index in [-0.39, 0.29) is 24.8 Å². The number of hydrogen-bond acceptors (Lipinski definition) is 2. The van der Waals surface area contributed by atoms with Crippen LogP contribution in [0.15, 0.2) is 0 Å². The van der Waals surface area contributed by atoms with E-state index in [0.29, 0.717) is 12.8 Å². The average Bonchev–Trinajstić information content (AvgIpc) is 2.25. The van der Waals surface area contributed by atoms with Crippen LogP contribution in [0.25, 0.3) is 0 Å². The van der Waals surface area contributed by atoms with Gasteiger partial charge in [-0.15, -0.1) is 0 Å². The number of rotatable bonds is 2. The van der Waals surface area contributed by atoms with Crippen molar-refractivity contribution in [1.82, 2.24) is 4.90 Å². The van der Waals surface area contributed by atoms with Crippen molar-refractivity contribution in [2.75, 3.05) is 7.05 Å². The van der Waals surface area contributed by atoms with Crippen LogP contribution in [0.1, 0.15) is 25.7 Å². The SMILES string of the molecule is CN1[C@H]2C[C@@H](CC(=O)O)C[C@@H]1C(F)(F)C2. The van der Waals surface area contributed by atoms with Crippen molar-refractivity contribution in [1.29, 1.82) is 0 Å². The molecule has 2 heterocycles. The Labute approximate surface area is 87.1 Å². The first-order chi connectivity index (χ1) is 6.90. The van der Waals surface area contributed by atoms with Crippen molar-refractivity contribution in [3.8, 4) is 0 Å². The quantitative estimate of drug-likeness (QED) is 0.766. The monoisotopic (exact) mass is 219 g/mol. The highest BCUT2D eigenvalue weighted by Crippen LogP contribution is 2.47. The lowest BCUT2D eigenvalue weighted by atomic mass is 9.88. The van der Waals surface area contributed by atoms with Crippen molar-refractivity contribution in [2.45, 2.75) is 43.7 Å². The third kappa shape index (κ3) is 1.85. The minimum Gasteiger partial charge on any atom is -0.481 e. The number of piperidine rings is 1. The Morgan fingerprint density at radius 2 is 2.20 bits per heavy atom. The summed E-state index contributed by atoms with van der Waals surface area (Å²) >= 11 is 0. The lowest BCUT2D eigenvalue weighted by Gasteiger charge is -2.35. The van der Waals surface area contributed by atoms with E-state index in [2.05, 4.69) is 0 Å². The van der Waals surface area contributed by atoms with Gasteiger partial charge >= 0.3 is 5.97 Å². The van der Waals surface area contributed by atoms with Gasteiger partial charge in [-0.05, 0) is 25.8 Å². The fourth-order valence-corrected chi connectivity index (χ4v) is 2.95. The second-order valence-electron chi connectivity index (χ2n) is 4.74. The smallest absolute Gasteiger partial charge is 0.303 e. The molecule has 3 atom stereocenters. The standard InChI is InChI=1S/C10H15F2NO2/c1-13-7-2-6(4-9(14)15)3-8(13)10(11,12)5-7/h6-8H,2-5H2,1H3,(H,14,15)/t6-,7+,8-/m1/s1. The number of halogens is 2. The molecule has 0 spiro atoms. The molecule has 0 aromatic carbocycles.